The number of amides is 2. The van der Waals surface area contributed by atoms with Gasteiger partial charge in [-0.2, -0.15) is 0 Å². The minimum absolute atomic E-state index is 0.0109. The molecule has 0 spiro atoms. The van der Waals surface area contributed by atoms with Gasteiger partial charge in [0.1, 0.15) is 6.61 Å². The molecule has 1 aliphatic rings. The van der Waals surface area contributed by atoms with Crippen LogP contribution in [0.5, 0.6) is 0 Å². The van der Waals surface area contributed by atoms with Crippen molar-refractivity contribution in [2.75, 3.05) is 6.61 Å². The molecule has 3 rings (SSSR count). The molecule has 2 aromatic carbocycles. The second-order valence-corrected chi connectivity index (χ2v) is 10.5. The van der Waals surface area contributed by atoms with E-state index in [2.05, 4.69) is 34.9 Å². The third kappa shape index (κ3) is 7.57. The molecule has 7 heteroatoms. The summed E-state index contributed by atoms with van der Waals surface area (Å²) >= 11 is 0. The van der Waals surface area contributed by atoms with Crippen molar-refractivity contribution in [3.05, 3.63) is 59.7 Å². The SMILES string of the molecule is CC(CCC(=O)NC(CC(=O)O)CC(C)(C)C)NC(=O)OCC1c2ccccc2-c2ccccc21. The van der Waals surface area contributed by atoms with Crippen LogP contribution in [0.4, 0.5) is 4.79 Å². The maximum atomic E-state index is 12.4. The molecule has 2 aromatic rings. The van der Waals surface area contributed by atoms with E-state index in [0.717, 1.165) is 11.1 Å². The Morgan fingerprint density at radius 2 is 1.54 bits per heavy atom. The zero-order chi connectivity index (χ0) is 25.6. The van der Waals surface area contributed by atoms with Crippen LogP contribution in [-0.2, 0) is 14.3 Å². The van der Waals surface area contributed by atoms with Gasteiger partial charge >= 0.3 is 12.1 Å². The number of rotatable bonds is 10. The molecule has 0 heterocycles. The molecular weight excluding hydrogens is 444 g/mol. The summed E-state index contributed by atoms with van der Waals surface area (Å²) in [6.45, 7) is 8.08. The Hall–Kier alpha value is -3.35. The van der Waals surface area contributed by atoms with Gasteiger partial charge < -0.3 is 20.5 Å². The molecule has 188 valence electrons. The van der Waals surface area contributed by atoms with Crippen molar-refractivity contribution in [1.82, 2.24) is 10.6 Å². The lowest BCUT2D eigenvalue weighted by molar-refractivity contribution is -0.137. The molecule has 2 amide bonds. The molecule has 0 aromatic heterocycles. The van der Waals surface area contributed by atoms with Crippen molar-refractivity contribution in [3.8, 4) is 11.1 Å². The number of hydrogen-bond donors (Lipinski definition) is 3. The van der Waals surface area contributed by atoms with Gasteiger partial charge in [-0.3, -0.25) is 9.59 Å². The van der Waals surface area contributed by atoms with Crippen molar-refractivity contribution >= 4 is 18.0 Å². The summed E-state index contributed by atoms with van der Waals surface area (Å²) in [7, 11) is 0. The first-order chi connectivity index (χ1) is 16.5. The quantitative estimate of drug-likeness (QED) is 0.439. The van der Waals surface area contributed by atoms with E-state index in [1.165, 1.54) is 11.1 Å². The van der Waals surface area contributed by atoms with Crippen molar-refractivity contribution in [2.24, 2.45) is 5.41 Å². The summed E-state index contributed by atoms with van der Waals surface area (Å²) in [5.41, 5.74) is 4.54. The van der Waals surface area contributed by atoms with E-state index in [0.29, 0.717) is 12.8 Å². The zero-order valence-electron chi connectivity index (χ0n) is 21.0. The van der Waals surface area contributed by atoms with Gasteiger partial charge in [-0.1, -0.05) is 69.3 Å². The van der Waals surface area contributed by atoms with Crippen LogP contribution in [0.25, 0.3) is 11.1 Å². The molecule has 2 unspecified atom stereocenters. The first-order valence-corrected chi connectivity index (χ1v) is 12.2. The second kappa shape index (κ2) is 11.4. The van der Waals surface area contributed by atoms with Crippen LogP contribution < -0.4 is 10.6 Å². The lowest BCUT2D eigenvalue weighted by Gasteiger charge is -2.26. The highest BCUT2D eigenvalue weighted by Crippen LogP contribution is 2.44. The van der Waals surface area contributed by atoms with Crippen molar-refractivity contribution in [2.45, 2.75) is 71.4 Å². The molecular formula is C28H36N2O5. The first kappa shape index (κ1) is 26.3. The summed E-state index contributed by atoms with van der Waals surface area (Å²) < 4.78 is 5.56. The van der Waals surface area contributed by atoms with Gasteiger partial charge in [0, 0.05) is 24.4 Å². The standard InChI is InChI=1S/C28H36N2O5/c1-18(13-14-25(31)30-19(15-26(32)33)16-28(2,3)4)29-27(34)35-17-24-22-11-7-5-9-20(22)21-10-6-8-12-23(21)24/h5-12,18-19,24H,13-17H2,1-4H3,(H,29,34)(H,30,31)(H,32,33). The molecule has 3 N–H and O–H groups in total. The van der Waals surface area contributed by atoms with E-state index < -0.39 is 18.1 Å². The number of carbonyl (C=O) groups is 3. The van der Waals surface area contributed by atoms with Gasteiger partial charge in [-0.05, 0) is 47.4 Å². The third-order valence-corrected chi connectivity index (χ3v) is 6.16. The van der Waals surface area contributed by atoms with E-state index in [1.807, 2.05) is 52.0 Å². The maximum Gasteiger partial charge on any atom is 0.407 e. The van der Waals surface area contributed by atoms with E-state index in [-0.39, 0.29) is 42.7 Å². The molecule has 0 bridgehead atoms. The fourth-order valence-electron chi connectivity index (χ4n) is 4.69. The molecule has 7 nitrogen and oxygen atoms in total. The summed E-state index contributed by atoms with van der Waals surface area (Å²) in [5.74, 6) is -1.17. The number of hydrogen-bond acceptors (Lipinski definition) is 4. The number of carbonyl (C=O) groups excluding carboxylic acids is 2. The first-order valence-electron chi connectivity index (χ1n) is 12.2. The number of aliphatic carboxylic acids is 1. The summed E-state index contributed by atoms with van der Waals surface area (Å²) in [4.78, 5) is 36.0. The predicted molar refractivity (Wildman–Crippen MR) is 135 cm³/mol. The Bertz CT molecular complexity index is 1010. The van der Waals surface area contributed by atoms with Gasteiger partial charge in [0.25, 0.3) is 0 Å². The van der Waals surface area contributed by atoms with Crippen LogP contribution in [0.15, 0.2) is 48.5 Å². The molecule has 2 atom stereocenters. The number of alkyl carbamates (subject to hydrolysis) is 1. The minimum Gasteiger partial charge on any atom is -0.481 e. The van der Waals surface area contributed by atoms with Crippen molar-refractivity contribution in [1.29, 1.82) is 0 Å². The fourth-order valence-corrected chi connectivity index (χ4v) is 4.69. The van der Waals surface area contributed by atoms with Crippen molar-refractivity contribution < 1.29 is 24.2 Å². The molecule has 1 aliphatic carbocycles. The van der Waals surface area contributed by atoms with E-state index >= 15 is 0 Å². The number of carboxylic acids is 1. The predicted octanol–water partition coefficient (Wildman–Crippen LogP) is 5.09. The number of carboxylic acid groups (broad SMARTS) is 1. The molecule has 0 radical (unpaired) electrons. The lowest BCUT2D eigenvalue weighted by atomic mass is 9.87. The molecule has 35 heavy (non-hydrogen) atoms. The number of nitrogens with one attached hydrogen (secondary N) is 2. The number of ether oxygens (including phenoxy) is 1. The van der Waals surface area contributed by atoms with Crippen LogP contribution in [0, 0.1) is 5.41 Å². The second-order valence-electron chi connectivity index (χ2n) is 10.5. The summed E-state index contributed by atoms with van der Waals surface area (Å²) in [6.07, 6.45) is 0.544. The van der Waals surface area contributed by atoms with Crippen LogP contribution in [-0.4, -0.2) is 41.8 Å². The van der Waals surface area contributed by atoms with E-state index in [1.54, 1.807) is 0 Å². The van der Waals surface area contributed by atoms with Crippen LogP contribution in [0.1, 0.15) is 70.4 Å². The Balaban J connectivity index is 1.46. The summed E-state index contributed by atoms with van der Waals surface area (Å²) in [6, 6.07) is 15.6. The normalized spacial score (nSPS) is 14.4. The average Bonchev–Trinajstić information content (AvgIpc) is 3.08. The number of benzene rings is 2. The maximum absolute atomic E-state index is 12.4. The average molecular weight is 481 g/mol. The smallest absolute Gasteiger partial charge is 0.407 e. The fraction of sp³-hybridized carbons (Fsp3) is 0.464. The number of fused-ring (bicyclic) bond motifs is 3. The largest absolute Gasteiger partial charge is 0.481 e. The Morgan fingerprint density at radius 1 is 0.971 bits per heavy atom. The third-order valence-electron chi connectivity index (χ3n) is 6.16. The Labute approximate surface area is 207 Å². The summed E-state index contributed by atoms with van der Waals surface area (Å²) in [5, 5.41) is 14.8. The van der Waals surface area contributed by atoms with Crippen LogP contribution >= 0.6 is 0 Å². The topological polar surface area (TPSA) is 105 Å². The zero-order valence-corrected chi connectivity index (χ0v) is 21.0. The van der Waals surface area contributed by atoms with E-state index in [4.69, 9.17) is 9.84 Å². The van der Waals surface area contributed by atoms with Gasteiger partial charge in [-0.25, -0.2) is 4.79 Å². The van der Waals surface area contributed by atoms with Gasteiger partial charge in [0.15, 0.2) is 0 Å². The minimum atomic E-state index is -0.940. The van der Waals surface area contributed by atoms with Crippen LogP contribution in [0.3, 0.4) is 0 Å². The van der Waals surface area contributed by atoms with E-state index in [9.17, 15) is 14.4 Å². The Kier molecular flexibility index (Phi) is 8.54. The van der Waals surface area contributed by atoms with Gasteiger partial charge in [-0.15, -0.1) is 0 Å². The molecule has 0 aliphatic heterocycles. The monoisotopic (exact) mass is 480 g/mol. The van der Waals surface area contributed by atoms with Gasteiger partial charge in [0.2, 0.25) is 5.91 Å². The van der Waals surface area contributed by atoms with Crippen LogP contribution in [0.2, 0.25) is 0 Å². The highest BCUT2D eigenvalue weighted by atomic mass is 16.5. The lowest BCUT2D eigenvalue weighted by Crippen LogP contribution is -2.40. The Morgan fingerprint density at radius 3 is 2.09 bits per heavy atom. The molecule has 0 fully saturated rings. The highest BCUT2D eigenvalue weighted by molar-refractivity contribution is 5.79. The highest BCUT2D eigenvalue weighted by Gasteiger charge is 2.29. The van der Waals surface area contributed by atoms with Crippen molar-refractivity contribution in [3.63, 3.8) is 0 Å². The molecule has 0 saturated carbocycles. The van der Waals surface area contributed by atoms with Gasteiger partial charge in [0.05, 0.1) is 6.42 Å². The molecule has 0 saturated heterocycles.